The summed E-state index contributed by atoms with van der Waals surface area (Å²) in [5, 5.41) is 9.60. The Bertz CT molecular complexity index is 362. The Morgan fingerprint density at radius 3 is 2.71 bits per heavy atom. The molecule has 2 heteroatoms. The minimum absolute atomic E-state index is 0.400. The smallest absolute Gasteiger partial charge is 0.115 e. The van der Waals surface area contributed by atoms with Gasteiger partial charge in [0, 0.05) is 6.54 Å². The first kappa shape index (κ1) is 12.4. The summed E-state index contributed by atoms with van der Waals surface area (Å²) in [6.45, 7) is 1.15. The molecule has 1 aliphatic rings. The van der Waals surface area contributed by atoms with Crippen LogP contribution in [0.2, 0.25) is 0 Å². The van der Waals surface area contributed by atoms with Crippen molar-refractivity contribution in [2.75, 3.05) is 20.6 Å². The first-order valence-electron chi connectivity index (χ1n) is 6.60. The van der Waals surface area contributed by atoms with Crippen molar-refractivity contribution in [3.63, 3.8) is 0 Å². The lowest BCUT2D eigenvalue weighted by molar-refractivity contribution is 0.233. The van der Waals surface area contributed by atoms with Crippen LogP contribution in [-0.4, -0.2) is 30.6 Å². The summed E-state index contributed by atoms with van der Waals surface area (Å²) in [6.07, 6.45) is 5.26. The molecule has 0 aromatic heterocycles. The maximum atomic E-state index is 9.60. The van der Waals surface area contributed by atoms with Crippen LogP contribution in [0.25, 0.3) is 0 Å². The fourth-order valence-electron chi connectivity index (χ4n) is 3.09. The first-order valence-corrected chi connectivity index (χ1v) is 6.60. The lowest BCUT2D eigenvalue weighted by atomic mass is 9.75. The summed E-state index contributed by atoms with van der Waals surface area (Å²) in [5.41, 5.74) is 1.32. The molecular formula is C15H23NO. The third-order valence-electron chi connectivity index (χ3n) is 3.81. The average molecular weight is 233 g/mol. The van der Waals surface area contributed by atoms with Gasteiger partial charge in [-0.25, -0.2) is 0 Å². The van der Waals surface area contributed by atoms with Gasteiger partial charge in [0.05, 0.1) is 0 Å². The number of aromatic hydroxyl groups is 1. The molecule has 0 saturated heterocycles. The van der Waals surface area contributed by atoms with E-state index in [1.807, 2.05) is 12.1 Å². The van der Waals surface area contributed by atoms with Crippen molar-refractivity contribution in [2.45, 2.75) is 31.6 Å². The molecular weight excluding hydrogens is 210 g/mol. The number of phenols is 1. The molecule has 1 N–H and O–H groups in total. The number of benzene rings is 1. The summed E-state index contributed by atoms with van der Waals surface area (Å²) in [6, 6.07) is 7.83. The van der Waals surface area contributed by atoms with Gasteiger partial charge < -0.3 is 10.0 Å². The van der Waals surface area contributed by atoms with Gasteiger partial charge in [0.1, 0.15) is 5.75 Å². The van der Waals surface area contributed by atoms with Crippen molar-refractivity contribution in [1.82, 2.24) is 4.90 Å². The maximum absolute atomic E-state index is 9.60. The van der Waals surface area contributed by atoms with E-state index in [0.717, 1.165) is 12.5 Å². The Labute approximate surface area is 104 Å². The molecule has 1 aromatic carbocycles. The highest BCUT2D eigenvalue weighted by Crippen LogP contribution is 2.38. The molecule has 17 heavy (non-hydrogen) atoms. The predicted molar refractivity (Wildman–Crippen MR) is 71.4 cm³/mol. The molecule has 2 rings (SSSR count). The number of rotatable bonds is 3. The molecule has 2 atom stereocenters. The van der Waals surface area contributed by atoms with Crippen LogP contribution in [0.3, 0.4) is 0 Å². The molecule has 0 unspecified atom stereocenters. The summed E-state index contributed by atoms with van der Waals surface area (Å²) < 4.78 is 0. The van der Waals surface area contributed by atoms with Gasteiger partial charge >= 0.3 is 0 Å². The van der Waals surface area contributed by atoms with Crippen molar-refractivity contribution >= 4 is 0 Å². The van der Waals surface area contributed by atoms with Crippen molar-refractivity contribution in [3.8, 4) is 5.75 Å². The zero-order valence-electron chi connectivity index (χ0n) is 10.9. The molecule has 0 spiro atoms. The normalized spacial score (nSPS) is 25.1. The Balaban J connectivity index is 2.15. The van der Waals surface area contributed by atoms with Crippen molar-refractivity contribution < 1.29 is 5.11 Å². The molecule has 1 fully saturated rings. The molecule has 0 radical (unpaired) electrons. The summed E-state index contributed by atoms with van der Waals surface area (Å²) in [7, 11) is 4.29. The fourth-order valence-corrected chi connectivity index (χ4v) is 3.09. The number of hydrogen-bond acceptors (Lipinski definition) is 2. The van der Waals surface area contributed by atoms with Gasteiger partial charge in [-0.1, -0.05) is 25.0 Å². The molecule has 0 bridgehead atoms. The first-order chi connectivity index (χ1) is 8.16. The van der Waals surface area contributed by atoms with Gasteiger partial charge in [-0.2, -0.15) is 0 Å². The SMILES string of the molecule is CN(C)C[C@@H]1CCCC[C@@H]1c1cccc(O)c1. The van der Waals surface area contributed by atoms with Gasteiger partial charge in [-0.3, -0.25) is 0 Å². The Kier molecular flexibility index (Phi) is 4.06. The molecule has 1 aromatic rings. The highest BCUT2D eigenvalue weighted by molar-refractivity contribution is 5.30. The molecule has 1 saturated carbocycles. The van der Waals surface area contributed by atoms with Crippen molar-refractivity contribution in [2.24, 2.45) is 5.92 Å². The van der Waals surface area contributed by atoms with Gasteiger partial charge in [0.15, 0.2) is 0 Å². The highest BCUT2D eigenvalue weighted by Gasteiger charge is 2.26. The van der Waals surface area contributed by atoms with Crippen molar-refractivity contribution in [3.05, 3.63) is 29.8 Å². The maximum Gasteiger partial charge on any atom is 0.115 e. The second kappa shape index (κ2) is 5.54. The van der Waals surface area contributed by atoms with E-state index in [9.17, 15) is 5.11 Å². The average Bonchev–Trinajstić information content (AvgIpc) is 2.29. The second-order valence-corrected chi connectivity index (χ2v) is 5.51. The predicted octanol–water partition coefficient (Wildman–Crippen LogP) is 3.23. The van der Waals surface area contributed by atoms with Gasteiger partial charge in [-0.05, 0) is 56.5 Å². The van der Waals surface area contributed by atoms with Crippen LogP contribution in [0.4, 0.5) is 0 Å². The third-order valence-corrected chi connectivity index (χ3v) is 3.81. The second-order valence-electron chi connectivity index (χ2n) is 5.51. The Hall–Kier alpha value is -1.02. The minimum atomic E-state index is 0.400. The molecule has 0 amide bonds. The van der Waals surface area contributed by atoms with E-state index >= 15 is 0 Å². The third kappa shape index (κ3) is 3.22. The quantitative estimate of drug-likeness (QED) is 0.866. The largest absolute Gasteiger partial charge is 0.508 e. The van der Waals surface area contributed by atoms with Gasteiger partial charge in [-0.15, -0.1) is 0 Å². The van der Waals surface area contributed by atoms with Crippen LogP contribution in [0.15, 0.2) is 24.3 Å². The van der Waals surface area contributed by atoms with E-state index in [0.29, 0.717) is 11.7 Å². The van der Waals surface area contributed by atoms with Crippen molar-refractivity contribution in [1.29, 1.82) is 0 Å². The van der Waals surface area contributed by atoms with Gasteiger partial charge in [0.25, 0.3) is 0 Å². The Morgan fingerprint density at radius 1 is 1.24 bits per heavy atom. The van der Waals surface area contributed by atoms with E-state index in [2.05, 4.69) is 25.1 Å². The molecule has 0 heterocycles. The van der Waals surface area contributed by atoms with E-state index in [4.69, 9.17) is 0 Å². The number of phenolic OH excluding ortho intramolecular Hbond substituents is 1. The van der Waals surface area contributed by atoms with Crippen LogP contribution < -0.4 is 0 Å². The van der Waals surface area contributed by atoms with Crippen LogP contribution in [0, 0.1) is 5.92 Å². The Morgan fingerprint density at radius 2 is 2.00 bits per heavy atom. The number of hydrogen-bond donors (Lipinski definition) is 1. The highest BCUT2D eigenvalue weighted by atomic mass is 16.3. The minimum Gasteiger partial charge on any atom is -0.508 e. The summed E-state index contributed by atoms with van der Waals surface area (Å²) >= 11 is 0. The van der Waals surface area contributed by atoms with E-state index in [1.165, 1.54) is 31.2 Å². The van der Waals surface area contributed by atoms with Crippen LogP contribution in [0.1, 0.15) is 37.2 Å². The topological polar surface area (TPSA) is 23.5 Å². The van der Waals surface area contributed by atoms with E-state index in [-0.39, 0.29) is 0 Å². The standard InChI is InChI=1S/C15H23NO/c1-16(2)11-13-6-3-4-9-15(13)12-7-5-8-14(17)10-12/h5,7-8,10,13,15,17H,3-4,6,9,11H2,1-2H3/t13-,15+/m0/s1. The lowest BCUT2D eigenvalue weighted by Crippen LogP contribution is -2.28. The van der Waals surface area contributed by atoms with Gasteiger partial charge in [0.2, 0.25) is 0 Å². The lowest BCUT2D eigenvalue weighted by Gasteiger charge is -2.33. The van der Waals surface area contributed by atoms with E-state index < -0.39 is 0 Å². The van der Waals surface area contributed by atoms with E-state index in [1.54, 1.807) is 6.07 Å². The van der Waals surface area contributed by atoms with Crippen LogP contribution in [-0.2, 0) is 0 Å². The summed E-state index contributed by atoms with van der Waals surface area (Å²) in [5.74, 6) is 1.76. The zero-order valence-corrected chi connectivity index (χ0v) is 10.9. The zero-order chi connectivity index (χ0) is 12.3. The molecule has 1 aliphatic carbocycles. The van der Waals surface area contributed by atoms with Crippen LogP contribution in [0.5, 0.6) is 5.75 Å². The number of nitrogens with zero attached hydrogens (tertiary/aromatic N) is 1. The molecule has 2 nitrogen and oxygen atoms in total. The van der Waals surface area contributed by atoms with Crippen LogP contribution >= 0.6 is 0 Å². The fraction of sp³-hybridized carbons (Fsp3) is 0.600. The molecule has 94 valence electrons. The summed E-state index contributed by atoms with van der Waals surface area (Å²) in [4.78, 5) is 2.28. The molecule has 0 aliphatic heterocycles. The monoisotopic (exact) mass is 233 g/mol.